The van der Waals surface area contributed by atoms with Crippen LogP contribution in [-0.2, 0) is 11.3 Å². The van der Waals surface area contributed by atoms with Crippen LogP contribution < -0.4 is 15.5 Å². The molecule has 0 atom stereocenters. The molecule has 0 heterocycles. The molecule has 0 saturated heterocycles. The Balaban J connectivity index is 2.68. The third kappa shape index (κ3) is 5.09. The third-order valence-electron chi connectivity index (χ3n) is 2.84. The van der Waals surface area contributed by atoms with Crippen LogP contribution in [0, 0.1) is 0 Å². The Kier molecular flexibility index (Phi) is 6.67. The largest absolute Gasteiger partial charge is 0.364 e. The van der Waals surface area contributed by atoms with E-state index in [0.717, 1.165) is 30.8 Å². The summed E-state index contributed by atoms with van der Waals surface area (Å²) >= 11 is 6.26. The lowest BCUT2D eigenvalue weighted by Crippen LogP contribution is -2.33. The van der Waals surface area contributed by atoms with Crippen molar-refractivity contribution in [3.63, 3.8) is 0 Å². The average molecular weight is 284 g/mol. The summed E-state index contributed by atoms with van der Waals surface area (Å²) in [6.45, 7) is 4.24. The van der Waals surface area contributed by atoms with Gasteiger partial charge in [0.25, 0.3) is 0 Å². The Morgan fingerprint density at radius 3 is 2.74 bits per heavy atom. The fourth-order valence-electron chi connectivity index (χ4n) is 1.76. The zero-order chi connectivity index (χ0) is 14.3. The zero-order valence-electron chi connectivity index (χ0n) is 11.8. The van der Waals surface area contributed by atoms with E-state index in [9.17, 15) is 4.79 Å². The fraction of sp³-hybridized carbons (Fsp3) is 0.500. The predicted molar refractivity (Wildman–Crippen MR) is 80.8 cm³/mol. The van der Waals surface area contributed by atoms with E-state index in [1.807, 2.05) is 30.1 Å². The van der Waals surface area contributed by atoms with E-state index >= 15 is 0 Å². The molecular formula is C14H22ClN3O. The molecule has 0 fully saturated rings. The first-order valence-electron chi connectivity index (χ1n) is 6.49. The molecule has 5 heteroatoms. The maximum atomic E-state index is 11.3. The first-order valence-corrected chi connectivity index (χ1v) is 6.87. The van der Waals surface area contributed by atoms with Gasteiger partial charge in [0, 0.05) is 20.6 Å². The molecule has 0 unspecified atom stereocenters. The molecule has 0 radical (unpaired) electrons. The van der Waals surface area contributed by atoms with Crippen LogP contribution in [0.15, 0.2) is 18.2 Å². The van der Waals surface area contributed by atoms with E-state index in [4.69, 9.17) is 11.6 Å². The van der Waals surface area contributed by atoms with E-state index in [2.05, 4.69) is 17.6 Å². The first-order chi connectivity index (χ1) is 9.08. The summed E-state index contributed by atoms with van der Waals surface area (Å²) < 4.78 is 0. The standard InChI is InChI=1S/C14H22ClN3O/c1-4-7-17-9-11-5-6-13(12(15)8-11)18(3)10-14(19)16-2/h5-6,8,17H,4,7,9-10H2,1-3H3,(H,16,19). The number of hydrogen-bond acceptors (Lipinski definition) is 3. The van der Waals surface area contributed by atoms with Crippen LogP contribution >= 0.6 is 11.6 Å². The Hall–Kier alpha value is -1.26. The van der Waals surface area contributed by atoms with Gasteiger partial charge in [0.1, 0.15) is 0 Å². The van der Waals surface area contributed by atoms with Gasteiger partial charge in [-0.1, -0.05) is 24.6 Å². The Morgan fingerprint density at radius 1 is 1.42 bits per heavy atom. The first kappa shape index (κ1) is 15.8. The molecule has 2 N–H and O–H groups in total. The van der Waals surface area contributed by atoms with Crippen LogP contribution in [-0.4, -0.2) is 33.1 Å². The normalized spacial score (nSPS) is 10.3. The monoisotopic (exact) mass is 283 g/mol. The van der Waals surface area contributed by atoms with Crippen LogP contribution in [0.2, 0.25) is 5.02 Å². The van der Waals surface area contributed by atoms with Crippen molar-refractivity contribution in [2.45, 2.75) is 19.9 Å². The molecule has 0 aliphatic carbocycles. The SMILES string of the molecule is CCCNCc1ccc(N(C)CC(=O)NC)c(Cl)c1. The lowest BCUT2D eigenvalue weighted by Gasteiger charge is -2.20. The van der Waals surface area contributed by atoms with Gasteiger partial charge in [-0.05, 0) is 30.7 Å². The second kappa shape index (κ2) is 8.02. The highest BCUT2D eigenvalue weighted by Gasteiger charge is 2.09. The number of nitrogens with zero attached hydrogens (tertiary/aromatic N) is 1. The number of hydrogen-bond donors (Lipinski definition) is 2. The number of rotatable bonds is 7. The van der Waals surface area contributed by atoms with Crippen molar-refractivity contribution >= 4 is 23.2 Å². The minimum atomic E-state index is -0.0349. The molecule has 1 rings (SSSR count). The number of anilines is 1. The van der Waals surface area contributed by atoms with Gasteiger partial charge in [0.05, 0.1) is 17.3 Å². The van der Waals surface area contributed by atoms with Crippen molar-refractivity contribution in [2.24, 2.45) is 0 Å². The molecular weight excluding hydrogens is 262 g/mol. The summed E-state index contributed by atoms with van der Waals surface area (Å²) in [5.41, 5.74) is 2.01. The van der Waals surface area contributed by atoms with Crippen LogP contribution in [0.4, 0.5) is 5.69 Å². The highest BCUT2D eigenvalue weighted by Crippen LogP contribution is 2.25. The van der Waals surface area contributed by atoms with Gasteiger partial charge in [0.2, 0.25) is 5.91 Å². The quantitative estimate of drug-likeness (QED) is 0.753. The van der Waals surface area contributed by atoms with Crippen LogP contribution in [0.1, 0.15) is 18.9 Å². The van der Waals surface area contributed by atoms with E-state index in [0.29, 0.717) is 11.6 Å². The van der Waals surface area contributed by atoms with Gasteiger partial charge in [0.15, 0.2) is 0 Å². The predicted octanol–water partition coefficient (Wildman–Crippen LogP) is 2.02. The molecule has 0 bridgehead atoms. The number of likely N-dealkylation sites (N-methyl/N-ethyl adjacent to an activating group) is 2. The third-order valence-corrected chi connectivity index (χ3v) is 3.14. The maximum Gasteiger partial charge on any atom is 0.239 e. The lowest BCUT2D eigenvalue weighted by atomic mass is 10.2. The molecule has 0 saturated carbocycles. The topological polar surface area (TPSA) is 44.4 Å². The van der Waals surface area contributed by atoms with Gasteiger partial charge < -0.3 is 15.5 Å². The number of nitrogens with one attached hydrogen (secondary N) is 2. The molecule has 106 valence electrons. The smallest absolute Gasteiger partial charge is 0.239 e. The van der Waals surface area contributed by atoms with Crippen LogP contribution in [0.25, 0.3) is 0 Å². The summed E-state index contributed by atoms with van der Waals surface area (Å²) in [6.07, 6.45) is 1.11. The van der Waals surface area contributed by atoms with E-state index in [-0.39, 0.29) is 5.91 Å². The van der Waals surface area contributed by atoms with Crippen molar-refractivity contribution in [2.75, 3.05) is 32.1 Å². The molecule has 1 aromatic carbocycles. The second-order valence-corrected chi connectivity index (χ2v) is 4.90. The van der Waals surface area contributed by atoms with Gasteiger partial charge in [-0.25, -0.2) is 0 Å². The van der Waals surface area contributed by atoms with Crippen molar-refractivity contribution in [3.8, 4) is 0 Å². The number of halogens is 1. The summed E-state index contributed by atoms with van der Waals surface area (Å²) in [7, 11) is 3.48. The van der Waals surface area contributed by atoms with Crippen molar-refractivity contribution in [1.82, 2.24) is 10.6 Å². The summed E-state index contributed by atoms with van der Waals surface area (Å²) in [6, 6.07) is 5.93. The zero-order valence-corrected chi connectivity index (χ0v) is 12.5. The molecule has 4 nitrogen and oxygen atoms in total. The minimum absolute atomic E-state index is 0.0349. The van der Waals surface area contributed by atoms with E-state index in [1.165, 1.54) is 0 Å². The second-order valence-electron chi connectivity index (χ2n) is 4.49. The number of carbonyl (C=O) groups is 1. The minimum Gasteiger partial charge on any atom is -0.364 e. The maximum absolute atomic E-state index is 11.3. The summed E-state index contributed by atoms with van der Waals surface area (Å²) in [4.78, 5) is 13.2. The average Bonchev–Trinajstić information content (AvgIpc) is 2.38. The van der Waals surface area contributed by atoms with Crippen LogP contribution in [0.3, 0.4) is 0 Å². The van der Waals surface area contributed by atoms with Crippen LogP contribution in [0.5, 0.6) is 0 Å². The molecule has 1 amide bonds. The molecule has 19 heavy (non-hydrogen) atoms. The molecule has 0 aliphatic rings. The van der Waals surface area contributed by atoms with E-state index in [1.54, 1.807) is 7.05 Å². The molecule has 0 spiro atoms. The van der Waals surface area contributed by atoms with Gasteiger partial charge >= 0.3 is 0 Å². The van der Waals surface area contributed by atoms with E-state index < -0.39 is 0 Å². The summed E-state index contributed by atoms with van der Waals surface area (Å²) in [5.74, 6) is -0.0349. The number of benzene rings is 1. The van der Waals surface area contributed by atoms with Gasteiger partial charge in [-0.2, -0.15) is 0 Å². The Morgan fingerprint density at radius 2 is 2.16 bits per heavy atom. The van der Waals surface area contributed by atoms with Crippen molar-refractivity contribution in [1.29, 1.82) is 0 Å². The van der Waals surface area contributed by atoms with Crippen molar-refractivity contribution in [3.05, 3.63) is 28.8 Å². The van der Waals surface area contributed by atoms with Gasteiger partial charge in [-0.3, -0.25) is 4.79 Å². The number of amides is 1. The highest BCUT2D eigenvalue weighted by molar-refractivity contribution is 6.33. The Bertz CT molecular complexity index is 423. The highest BCUT2D eigenvalue weighted by atomic mass is 35.5. The molecule has 0 aliphatic heterocycles. The Labute approximate surface area is 120 Å². The fourth-order valence-corrected chi connectivity index (χ4v) is 2.11. The molecule has 0 aromatic heterocycles. The number of carbonyl (C=O) groups excluding carboxylic acids is 1. The lowest BCUT2D eigenvalue weighted by molar-refractivity contribution is -0.119. The molecule has 1 aromatic rings. The van der Waals surface area contributed by atoms with Gasteiger partial charge in [-0.15, -0.1) is 0 Å². The van der Waals surface area contributed by atoms with Crippen molar-refractivity contribution < 1.29 is 4.79 Å². The summed E-state index contributed by atoms with van der Waals surface area (Å²) in [5, 5.41) is 6.60.